The number of thiophene rings is 2. The number of aryl methyl sites for hydroxylation is 2. The molecule has 0 spiro atoms. The summed E-state index contributed by atoms with van der Waals surface area (Å²) in [6, 6.07) is 8.78. The molecule has 0 saturated carbocycles. The Kier molecular flexibility index (Phi) is 42.3. The molecule has 4 aromatic heterocycles. The van der Waals surface area contributed by atoms with E-state index in [-0.39, 0.29) is 17.0 Å². The first-order valence-electron chi connectivity index (χ1n) is 35.8. The highest BCUT2D eigenvalue weighted by Gasteiger charge is 2.21. The normalized spacial score (nSPS) is 11.7. The molecule has 4 nitrogen and oxygen atoms in total. The Morgan fingerprint density at radius 2 is 0.686 bits per heavy atom. The fraction of sp³-hybridized carbons (Fsp3) is 0.675. The minimum atomic E-state index is 0.0443. The van der Waals surface area contributed by atoms with E-state index < -0.39 is 0 Å². The summed E-state index contributed by atoms with van der Waals surface area (Å²) in [5, 5.41) is 4.58. The molecule has 4 heterocycles. The number of pyridine rings is 2. The van der Waals surface area contributed by atoms with Crippen molar-refractivity contribution in [1.29, 1.82) is 0 Å². The van der Waals surface area contributed by atoms with Gasteiger partial charge in [0.1, 0.15) is 0 Å². The molecular formula is C80H118N2O2S2. The van der Waals surface area contributed by atoms with E-state index in [4.69, 9.17) is 6.42 Å². The van der Waals surface area contributed by atoms with Gasteiger partial charge in [0.25, 0.3) is 11.1 Å². The van der Waals surface area contributed by atoms with Crippen LogP contribution in [0.2, 0.25) is 0 Å². The fourth-order valence-corrected chi connectivity index (χ4v) is 14.4. The second-order valence-electron chi connectivity index (χ2n) is 25.3. The average Bonchev–Trinajstić information content (AvgIpc) is 2.80. The van der Waals surface area contributed by atoms with Gasteiger partial charge in [-0.15, -0.1) is 29.1 Å². The lowest BCUT2D eigenvalue weighted by Gasteiger charge is -2.18. The highest BCUT2D eigenvalue weighted by atomic mass is 32.1. The molecular weight excluding hydrogens is 1090 g/mol. The van der Waals surface area contributed by atoms with Crippen molar-refractivity contribution in [2.75, 3.05) is 0 Å². The smallest absolute Gasteiger partial charge is 0.259 e. The van der Waals surface area contributed by atoms with Crippen LogP contribution in [0.1, 0.15) is 322 Å². The maximum absolute atomic E-state index is 15.3. The number of aromatic nitrogens is 2. The molecule has 0 aliphatic carbocycles. The SMILES string of the molecule is C#CC#CC#CC#CC#CC(CCCCCCCCCCCC)Cc1csc(-c2cc3c(cc(-c4cc(CC(CCCCCCCCCC)CCCCCCCCCCCC)cs4)c(=O)n3CCCCCCCC)n(CCCCCCCC)c2=O)c1. The molecule has 4 rings (SSSR count). The summed E-state index contributed by atoms with van der Waals surface area (Å²) in [4.78, 5) is 32.7. The summed E-state index contributed by atoms with van der Waals surface area (Å²) in [5.41, 5.74) is 5.91. The molecule has 0 aromatic carbocycles. The van der Waals surface area contributed by atoms with Crippen LogP contribution in [-0.2, 0) is 25.9 Å². The van der Waals surface area contributed by atoms with Crippen LogP contribution in [0.3, 0.4) is 0 Å². The second-order valence-corrected chi connectivity index (χ2v) is 27.1. The minimum absolute atomic E-state index is 0.0443. The van der Waals surface area contributed by atoms with Crippen LogP contribution in [0.15, 0.2) is 44.6 Å². The van der Waals surface area contributed by atoms with Gasteiger partial charge in [-0.2, -0.15) is 0 Å². The second kappa shape index (κ2) is 49.3. The molecule has 472 valence electrons. The molecule has 0 saturated heterocycles. The summed E-state index contributed by atoms with van der Waals surface area (Å²) in [6.07, 6.45) is 61.9. The van der Waals surface area contributed by atoms with Gasteiger partial charge in [0.2, 0.25) is 0 Å². The third-order valence-electron chi connectivity index (χ3n) is 17.7. The lowest BCUT2D eigenvalue weighted by molar-refractivity contribution is 0.400. The lowest BCUT2D eigenvalue weighted by Crippen LogP contribution is -2.28. The van der Waals surface area contributed by atoms with Crippen LogP contribution < -0.4 is 11.1 Å². The van der Waals surface area contributed by atoms with Crippen LogP contribution in [0.25, 0.3) is 31.9 Å². The Morgan fingerprint density at radius 3 is 1.06 bits per heavy atom. The Morgan fingerprint density at radius 1 is 0.372 bits per heavy atom. The third-order valence-corrected chi connectivity index (χ3v) is 19.8. The van der Waals surface area contributed by atoms with Gasteiger partial charge in [0, 0.05) is 28.8 Å². The molecule has 0 N–H and O–H groups in total. The van der Waals surface area contributed by atoms with Crippen LogP contribution in [-0.4, -0.2) is 9.13 Å². The van der Waals surface area contributed by atoms with Gasteiger partial charge in [-0.1, -0.05) is 297 Å². The van der Waals surface area contributed by atoms with E-state index in [1.165, 1.54) is 249 Å². The number of rotatable bonds is 51. The van der Waals surface area contributed by atoms with Crippen LogP contribution in [0, 0.1) is 71.5 Å². The van der Waals surface area contributed by atoms with Crippen molar-refractivity contribution in [1.82, 2.24) is 9.13 Å². The summed E-state index contributed by atoms with van der Waals surface area (Å²) in [7, 11) is 0. The van der Waals surface area contributed by atoms with Crippen LogP contribution >= 0.6 is 22.7 Å². The molecule has 86 heavy (non-hydrogen) atoms. The zero-order valence-corrected chi connectivity index (χ0v) is 57.1. The van der Waals surface area contributed by atoms with Crippen molar-refractivity contribution in [3.05, 3.63) is 66.9 Å². The largest absolute Gasteiger partial charge is 0.306 e. The Balaban J connectivity index is 1.69. The fourth-order valence-electron chi connectivity index (χ4n) is 12.5. The van der Waals surface area contributed by atoms with Crippen molar-refractivity contribution in [2.45, 2.75) is 337 Å². The van der Waals surface area contributed by atoms with Crippen molar-refractivity contribution in [3.63, 3.8) is 0 Å². The van der Waals surface area contributed by atoms with Gasteiger partial charge in [-0.25, -0.2) is 0 Å². The highest BCUT2D eigenvalue weighted by molar-refractivity contribution is 7.14. The first-order valence-corrected chi connectivity index (χ1v) is 37.6. The van der Waals surface area contributed by atoms with Crippen LogP contribution in [0.4, 0.5) is 0 Å². The molecule has 2 unspecified atom stereocenters. The standard InChI is InChI=1S/C80H118N2O2S2/c1-7-13-19-25-31-35-37-41-45-51-57-69(55-49-43-39-33-27-21-15-9-3)61-71-63-77(85-67-71)73-65-75-76(81(79(73)83)59-53-47-29-23-17-11-5)66-74(80(84)82(75)60-54-48-30-24-18-12-6)78-64-72(68-86-78)62-70(56-50-44-40-34-28-22-16-10-4)58-52-46-42-38-36-32-26-20-14-8-2/h3,63-70H,7-8,10-14,16-20,22-26,28-32,34-38,40-42,44-48,50-54,56-62H2,1-2,4-6H3. The van der Waals surface area contributed by atoms with Crippen molar-refractivity contribution < 1.29 is 0 Å². The summed E-state index contributed by atoms with van der Waals surface area (Å²) in [6.45, 7) is 12.7. The molecule has 2 atom stereocenters. The van der Waals surface area contributed by atoms with E-state index >= 15 is 9.59 Å². The Labute approximate surface area is 535 Å². The Hall–Kier alpha value is -4.64. The molecule has 4 aromatic rings. The molecule has 0 aliphatic heterocycles. The molecule has 0 radical (unpaired) electrons. The number of terminal acetylenes is 1. The molecule has 0 aliphatic rings. The molecule has 0 bridgehead atoms. The number of fused-ring (bicyclic) bond motifs is 1. The summed E-state index contributed by atoms with van der Waals surface area (Å²) in [5.74, 6) is 26.0. The monoisotopic (exact) mass is 1200 g/mol. The van der Waals surface area contributed by atoms with E-state index in [1.807, 2.05) is 0 Å². The minimum Gasteiger partial charge on any atom is -0.306 e. The van der Waals surface area contributed by atoms with Crippen molar-refractivity contribution in [3.8, 4) is 80.6 Å². The van der Waals surface area contributed by atoms with E-state index in [1.54, 1.807) is 22.7 Å². The van der Waals surface area contributed by atoms with E-state index in [0.29, 0.717) is 24.6 Å². The predicted octanol–water partition coefficient (Wildman–Crippen LogP) is 23.5. The quantitative estimate of drug-likeness (QED) is 0.0327. The number of hydrogen-bond acceptors (Lipinski definition) is 4. The van der Waals surface area contributed by atoms with Gasteiger partial charge in [-0.3, -0.25) is 9.59 Å². The van der Waals surface area contributed by atoms with Gasteiger partial charge < -0.3 is 9.13 Å². The predicted molar refractivity (Wildman–Crippen MR) is 380 cm³/mol. The number of unbranched alkanes of at least 4 members (excludes halogenated alkanes) is 35. The van der Waals surface area contributed by atoms with Gasteiger partial charge in [-0.05, 0) is 132 Å². The van der Waals surface area contributed by atoms with Crippen molar-refractivity contribution >= 4 is 33.7 Å². The zero-order chi connectivity index (χ0) is 61.3. The van der Waals surface area contributed by atoms with Crippen LogP contribution in [0.5, 0.6) is 0 Å². The van der Waals surface area contributed by atoms with E-state index in [9.17, 15) is 0 Å². The topological polar surface area (TPSA) is 44.0 Å². The van der Waals surface area contributed by atoms with E-state index in [0.717, 1.165) is 77.7 Å². The number of nitrogens with zero attached hydrogens (tertiary/aromatic N) is 2. The summed E-state index contributed by atoms with van der Waals surface area (Å²) >= 11 is 3.38. The lowest BCUT2D eigenvalue weighted by atomic mass is 9.89. The van der Waals surface area contributed by atoms with Gasteiger partial charge >= 0.3 is 0 Å². The maximum Gasteiger partial charge on any atom is 0.259 e. The first kappa shape index (κ1) is 73.8. The average molecular weight is 1200 g/mol. The number of hydrogen-bond donors (Lipinski definition) is 0. The van der Waals surface area contributed by atoms with Gasteiger partial charge in [0.05, 0.1) is 22.2 Å². The Bertz CT molecular complexity index is 2850. The molecule has 0 amide bonds. The summed E-state index contributed by atoms with van der Waals surface area (Å²) < 4.78 is 4.13. The first-order chi connectivity index (χ1) is 42.4. The highest BCUT2D eigenvalue weighted by Crippen LogP contribution is 2.34. The van der Waals surface area contributed by atoms with E-state index in [2.05, 4.69) is 132 Å². The van der Waals surface area contributed by atoms with Crippen molar-refractivity contribution in [2.24, 2.45) is 11.8 Å². The molecule has 6 heteroatoms. The van der Waals surface area contributed by atoms with Gasteiger partial charge in [0.15, 0.2) is 0 Å². The maximum atomic E-state index is 15.3. The third kappa shape index (κ3) is 31.0. The zero-order valence-electron chi connectivity index (χ0n) is 55.5. The molecule has 0 fully saturated rings.